The smallest absolute Gasteiger partial charge is 0.275 e. The molecular weight excluding hydrogens is 324 g/mol. The summed E-state index contributed by atoms with van der Waals surface area (Å²) in [5, 5.41) is 3.30. The van der Waals surface area contributed by atoms with Crippen LogP contribution in [0.15, 0.2) is 59.2 Å². The fourth-order valence-corrected chi connectivity index (χ4v) is 2.55. The second-order valence-electron chi connectivity index (χ2n) is 5.66. The lowest BCUT2D eigenvalue weighted by molar-refractivity contribution is -0.115. The first-order valence-electron chi connectivity index (χ1n) is 7.66. The van der Waals surface area contributed by atoms with Gasteiger partial charge in [0.25, 0.3) is 5.91 Å². The van der Waals surface area contributed by atoms with Gasteiger partial charge in [-0.25, -0.2) is 4.99 Å². The van der Waals surface area contributed by atoms with Gasteiger partial charge < -0.3 is 10.1 Å². The van der Waals surface area contributed by atoms with Gasteiger partial charge in [0.15, 0.2) is 0 Å². The van der Waals surface area contributed by atoms with Crippen molar-refractivity contribution in [1.82, 2.24) is 5.32 Å². The van der Waals surface area contributed by atoms with E-state index in [0.717, 1.165) is 11.3 Å². The number of amidine groups is 1. The summed E-state index contributed by atoms with van der Waals surface area (Å²) in [7, 11) is 0. The zero-order valence-corrected chi connectivity index (χ0v) is 14.2. The fraction of sp³-hybridized carbons (Fsp3) is 0.158. The molecule has 3 rings (SSSR count). The summed E-state index contributed by atoms with van der Waals surface area (Å²) < 4.78 is 5.61. The Morgan fingerprint density at radius 1 is 1.12 bits per heavy atom. The van der Waals surface area contributed by atoms with Crippen molar-refractivity contribution in [2.45, 2.75) is 20.0 Å². The second-order valence-corrected chi connectivity index (χ2v) is 6.07. The van der Waals surface area contributed by atoms with Crippen LogP contribution in [0.1, 0.15) is 25.0 Å². The van der Waals surface area contributed by atoms with Crippen molar-refractivity contribution in [1.29, 1.82) is 0 Å². The van der Waals surface area contributed by atoms with Gasteiger partial charge in [0.1, 0.15) is 17.3 Å². The number of carbonyl (C=O) groups is 1. The second kappa shape index (κ2) is 6.89. The van der Waals surface area contributed by atoms with E-state index in [0.29, 0.717) is 22.1 Å². The van der Waals surface area contributed by atoms with E-state index in [1.54, 1.807) is 12.1 Å². The highest BCUT2D eigenvalue weighted by molar-refractivity contribution is 6.35. The third kappa shape index (κ3) is 3.66. The Kier molecular flexibility index (Phi) is 4.67. The van der Waals surface area contributed by atoms with E-state index >= 15 is 0 Å². The number of halogens is 1. The number of amides is 1. The van der Waals surface area contributed by atoms with Gasteiger partial charge >= 0.3 is 0 Å². The molecule has 5 heteroatoms. The summed E-state index contributed by atoms with van der Waals surface area (Å²) in [6, 6.07) is 14.8. The van der Waals surface area contributed by atoms with Gasteiger partial charge in [-0.1, -0.05) is 35.9 Å². The number of nitrogens with zero attached hydrogens (tertiary/aromatic N) is 1. The van der Waals surface area contributed by atoms with Gasteiger partial charge in [-0.2, -0.15) is 0 Å². The highest BCUT2D eigenvalue weighted by atomic mass is 35.5. The fourth-order valence-electron chi connectivity index (χ4n) is 2.32. The quantitative estimate of drug-likeness (QED) is 0.854. The molecule has 0 spiro atoms. The SMILES string of the molecule is CC(C)Oc1ccc(/C=C2\N=C(c3ccccc3Cl)NC2=O)cc1. The van der Waals surface area contributed by atoms with Gasteiger partial charge in [0.05, 0.1) is 11.1 Å². The first kappa shape index (κ1) is 16.3. The molecule has 0 saturated heterocycles. The molecule has 0 fully saturated rings. The van der Waals surface area contributed by atoms with Crippen molar-refractivity contribution in [3.8, 4) is 5.75 Å². The molecule has 4 nitrogen and oxygen atoms in total. The van der Waals surface area contributed by atoms with Crippen LogP contribution in [0.25, 0.3) is 6.08 Å². The van der Waals surface area contributed by atoms with Crippen LogP contribution in [0.4, 0.5) is 0 Å². The number of hydrogen-bond acceptors (Lipinski definition) is 3. The van der Waals surface area contributed by atoms with Crippen LogP contribution in [0.3, 0.4) is 0 Å². The summed E-state index contributed by atoms with van der Waals surface area (Å²) in [6.07, 6.45) is 1.86. The molecule has 0 bridgehead atoms. The average Bonchev–Trinajstić information content (AvgIpc) is 2.90. The van der Waals surface area contributed by atoms with E-state index in [4.69, 9.17) is 16.3 Å². The molecule has 2 aromatic carbocycles. The molecule has 1 heterocycles. The summed E-state index contributed by atoms with van der Waals surface area (Å²) in [5.74, 6) is 1.02. The van der Waals surface area contributed by atoms with Crippen molar-refractivity contribution >= 4 is 29.4 Å². The molecule has 2 aromatic rings. The van der Waals surface area contributed by atoms with Crippen LogP contribution in [0.2, 0.25) is 5.02 Å². The number of aliphatic imine (C=N–C) groups is 1. The third-order valence-electron chi connectivity index (χ3n) is 3.38. The Labute approximate surface area is 145 Å². The third-order valence-corrected chi connectivity index (χ3v) is 3.71. The standard InChI is InChI=1S/C19H17ClN2O2/c1-12(2)24-14-9-7-13(8-10-14)11-17-19(23)22-18(21-17)15-5-3-4-6-16(15)20/h3-12H,1-2H3,(H,21,22,23)/b17-11-. The largest absolute Gasteiger partial charge is 0.491 e. The Bertz CT molecular complexity index is 824. The number of benzene rings is 2. The number of hydrogen-bond donors (Lipinski definition) is 1. The molecule has 0 atom stereocenters. The number of rotatable bonds is 4. The zero-order chi connectivity index (χ0) is 17.1. The lowest BCUT2D eigenvalue weighted by Gasteiger charge is -2.09. The molecule has 1 aliphatic rings. The molecular formula is C19H17ClN2O2. The first-order valence-corrected chi connectivity index (χ1v) is 8.04. The van der Waals surface area contributed by atoms with E-state index in [1.165, 1.54) is 0 Å². The van der Waals surface area contributed by atoms with Crippen molar-refractivity contribution in [3.05, 3.63) is 70.4 Å². The molecule has 1 N–H and O–H groups in total. The van der Waals surface area contributed by atoms with Crippen LogP contribution in [0.5, 0.6) is 5.75 Å². The summed E-state index contributed by atoms with van der Waals surface area (Å²) >= 11 is 6.15. The van der Waals surface area contributed by atoms with Crippen LogP contribution in [0, 0.1) is 0 Å². The van der Waals surface area contributed by atoms with Crippen molar-refractivity contribution in [2.75, 3.05) is 0 Å². The van der Waals surface area contributed by atoms with E-state index in [-0.39, 0.29) is 12.0 Å². The Morgan fingerprint density at radius 3 is 2.50 bits per heavy atom. The molecule has 0 radical (unpaired) electrons. The normalized spacial score (nSPS) is 15.6. The maximum Gasteiger partial charge on any atom is 0.275 e. The van der Waals surface area contributed by atoms with Gasteiger partial charge in [0, 0.05) is 5.56 Å². The highest BCUT2D eigenvalue weighted by Gasteiger charge is 2.22. The number of carbonyl (C=O) groups excluding carboxylic acids is 1. The summed E-state index contributed by atoms with van der Waals surface area (Å²) in [6.45, 7) is 3.95. The van der Waals surface area contributed by atoms with Crippen LogP contribution < -0.4 is 10.1 Å². The predicted molar refractivity (Wildman–Crippen MR) is 96.3 cm³/mol. The monoisotopic (exact) mass is 340 g/mol. The van der Waals surface area contributed by atoms with Gasteiger partial charge in [-0.3, -0.25) is 4.79 Å². The van der Waals surface area contributed by atoms with Gasteiger partial charge in [-0.05, 0) is 49.8 Å². The van der Waals surface area contributed by atoms with E-state index < -0.39 is 0 Å². The maximum absolute atomic E-state index is 12.1. The molecule has 0 unspecified atom stereocenters. The van der Waals surface area contributed by atoms with Crippen LogP contribution >= 0.6 is 11.6 Å². The minimum Gasteiger partial charge on any atom is -0.491 e. The topological polar surface area (TPSA) is 50.7 Å². The summed E-state index contributed by atoms with van der Waals surface area (Å²) in [4.78, 5) is 16.5. The average molecular weight is 341 g/mol. The van der Waals surface area contributed by atoms with Crippen molar-refractivity contribution in [2.24, 2.45) is 4.99 Å². The molecule has 1 aliphatic heterocycles. The number of ether oxygens (including phenoxy) is 1. The molecule has 0 saturated carbocycles. The first-order chi connectivity index (χ1) is 11.5. The van der Waals surface area contributed by atoms with E-state index in [2.05, 4.69) is 10.3 Å². The maximum atomic E-state index is 12.1. The van der Waals surface area contributed by atoms with Crippen LogP contribution in [-0.2, 0) is 4.79 Å². The lowest BCUT2D eigenvalue weighted by atomic mass is 10.2. The Hall–Kier alpha value is -2.59. The highest BCUT2D eigenvalue weighted by Crippen LogP contribution is 2.21. The van der Waals surface area contributed by atoms with E-state index in [9.17, 15) is 4.79 Å². The van der Waals surface area contributed by atoms with Crippen LogP contribution in [-0.4, -0.2) is 17.8 Å². The minimum atomic E-state index is -0.243. The Balaban J connectivity index is 1.85. The van der Waals surface area contributed by atoms with E-state index in [1.807, 2.05) is 56.3 Å². The lowest BCUT2D eigenvalue weighted by Crippen LogP contribution is -2.24. The summed E-state index contributed by atoms with van der Waals surface area (Å²) in [5.41, 5.74) is 1.93. The van der Waals surface area contributed by atoms with Gasteiger partial charge in [0.2, 0.25) is 0 Å². The molecule has 0 aliphatic carbocycles. The predicted octanol–water partition coefficient (Wildman–Crippen LogP) is 4.04. The van der Waals surface area contributed by atoms with Crippen molar-refractivity contribution in [3.63, 3.8) is 0 Å². The zero-order valence-electron chi connectivity index (χ0n) is 13.4. The molecule has 0 aromatic heterocycles. The molecule has 1 amide bonds. The molecule has 24 heavy (non-hydrogen) atoms. The minimum absolute atomic E-state index is 0.123. The van der Waals surface area contributed by atoms with Crippen molar-refractivity contribution < 1.29 is 9.53 Å². The molecule has 122 valence electrons. The number of nitrogens with one attached hydrogen (secondary N) is 1. The Morgan fingerprint density at radius 2 is 1.83 bits per heavy atom. The van der Waals surface area contributed by atoms with Gasteiger partial charge in [-0.15, -0.1) is 0 Å².